The van der Waals surface area contributed by atoms with Gasteiger partial charge in [-0.05, 0) is 68.5 Å². The molecule has 2 aromatic carbocycles. The van der Waals surface area contributed by atoms with E-state index in [9.17, 15) is 8.78 Å². The Bertz CT molecular complexity index is 877. The van der Waals surface area contributed by atoms with E-state index in [2.05, 4.69) is 37.6 Å². The Balaban J connectivity index is 1.99. The highest BCUT2D eigenvalue weighted by molar-refractivity contribution is 6.31. The standard InChI is InChI=1S/C22H25ClF2N2/c1-5-8-27-21-11-20(25)15(9-17(21)14(2)12-22(27,3)4)13-26-16-6-7-19(24)18(23)10-16/h6-7,9-11,13-14H,5,8,12H2,1-4H3. The third kappa shape index (κ3) is 4.01. The SMILES string of the molecule is CCCN1c2cc(F)c(C=Nc3ccc(F)c(Cl)c3)cc2C(C)CC1(C)C. The maximum Gasteiger partial charge on any atom is 0.141 e. The van der Waals surface area contributed by atoms with E-state index in [1.807, 2.05) is 6.07 Å². The number of halogens is 3. The zero-order valence-electron chi connectivity index (χ0n) is 16.2. The van der Waals surface area contributed by atoms with Crippen LogP contribution in [0, 0.1) is 11.6 Å². The third-order valence-electron chi connectivity index (χ3n) is 5.21. The first kappa shape index (κ1) is 19.8. The summed E-state index contributed by atoms with van der Waals surface area (Å²) in [7, 11) is 0. The van der Waals surface area contributed by atoms with E-state index < -0.39 is 5.82 Å². The highest BCUT2D eigenvalue weighted by Crippen LogP contribution is 2.44. The molecule has 1 unspecified atom stereocenters. The molecular formula is C22H25ClF2N2. The minimum atomic E-state index is -0.497. The monoisotopic (exact) mass is 390 g/mol. The Morgan fingerprint density at radius 1 is 1.22 bits per heavy atom. The molecule has 2 nitrogen and oxygen atoms in total. The van der Waals surface area contributed by atoms with Gasteiger partial charge in [-0.15, -0.1) is 0 Å². The highest BCUT2D eigenvalue weighted by Gasteiger charge is 2.36. The van der Waals surface area contributed by atoms with Gasteiger partial charge in [-0.3, -0.25) is 4.99 Å². The zero-order chi connectivity index (χ0) is 19.8. The van der Waals surface area contributed by atoms with Crippen molar-refractivity contribution in [1.29, 1.82) is 0 Å². The quantitative estimate of drug-likeness (QED) is 0.520. The molecule has 0 fully saturated rings. The van der Waals surface area contributed by atoms with Crippen molar-refractivity contribution in [3.63, 3.8) is 0 Å². The number of rotatable bonds is 4. The van der Waals surface area contributed by atoms with Gasteiger partial charge < -0.3 is 4.90 Å². The molecule has 1 aliphatic rings. The molecule has 0 saturated carbocycles. The lowest BCUT2D eigenvalue weighted by Crippen LogP contribution is -2.48. The van der Waals surface area contributed by atoms with E-state index in [0.29, 0.717) is 17.2 Å². The van der Waals surface area contributed by atoms with Gasteiger partial charge in [0.25, 0.3) is 0 Å². The van der Waals surface area contributed by atoms with Crippen molar-refractivity contribution in [1.82, 2.24) is 0 Å². The molecule has 1 aliphatic heterocycles. The van der Waals surface area contributed by atoms with Crippen LogP contribution in [-0.2, 0) is 0 Å². The Morgan fingerprint density at radius 3 is 2.63 bits per heavy atom. The first-order valence-corrected chi connectivity index (χ1v) is 9.71. The predicted octanol–water partition coefficient (Wildman–Crippen LogP) is 6.87. The molecule has 144 valence electrons. The van der Waals surface area contributed by atoms with Crippen LogP contribution in [0.3, 0.4) is 0 Å². The van der Waals surface area contributed by atoms with Gasteiger partial charge in [0.1, 0.15) is 11.6 Å². The fraction of sp³-hybridized carbons (Fsp3) is 0.409. The Morgan fingerprint density at radius 2 is 1.96 bits per heavy atom. The maximum atomic E-state index is 14.8. The van der Waals surface area contributed by atoms with Crippen LogP contribution in [0.25, 0.3) is 0 Å². The second-order valence-electron chi connectivity index (χ2n) is 7.86. The van der Waals surface area contributed by atoms with Gasteiger partial charge in [0.05, 0.1) is 10.7 Å². The fourth-order valence-electron chi connectivity index (χ4n) is 3.98. The molecule has 5 heteroatoms. The number of aliphatic imine (C=N–C) groups is 1. The summed E-state index contributed by atoms with van der Waals surface area (Å²) in [5, 5.41) is 0.00150. The summed E-state index contributed by atoms with van der Waals surface area (Å²) >= 11 is 5.78. The Kier molecular flexibility index (Phi) is 5.57. The number of nitrogens with zero attached hydrogens (tertiary/aromatic N) is 2. The molecule has 0 aromatic heterocycles. The van der Waals surface area contributed by atoms with Crippen molar-refractivity contribution >= 4 is 29.2 Å². The van der Waals surface area contributed by atoms with Gasteiger partial charge in [-0.1, -0.05) is 25.4 Å². The molecule has 3 rings (SSSR count). The minimum absolute atomic E-state index is 0.00150. The average Bonchev–Trinajstić information content (AvgIpc) is 2.59. The van der Waals surface area contributed by atoms with Crippen LogP contribution >= 0.6 is 11.6 Å². The topological polar surface area (TPSA) is 15.6 Å². The summed E-state index contributed by atoms with van der Waals surface area (Å²) in [6, 6.07) is 7.72. The molecule has 0 bridgehead atoms. The van der Waals surface area contributed by atoms with Crippen molar-refractivity contribution in [2.24, 2.45) is 4.99 Å². The maximum absolute atomic E-state index is 14.8. The van der Waals surface area contributed by atoms with Crippen molar-refractivity contribution in [2.45, 2.75) is 52.0 Å². The number of benzene rings is 2. The first-order valence-electron chi connectivity index (χ1n) is 9.33. The average molecular weight is 391 g/mol. The number of hydrogen-bond donors (Lipinski definition) is 0. The largest absolute Gasteiger partial charge is 0.366 e. The molecular weight excluding hydrogens is 366 g/mol. The van der Waals surface area contributed by atoms with Crippen molar-refractivity contribution < 1.29 is 8.78 Å². The van der Waals surface area contributed by atoms with E-state index in [0.717, 1.165) is 30.6 Å². The third-order valence-corrected chi connectivity index (χ3v) is 5.50. The Hall–Kier alpha value is -1.94. The smallest absolute Gasteiger partial charge is 0.141 e. The Labute approximate surface area is 164 Å². The van der Waals surface area contributed by atoms with Crippen LogP contribution in [-0.4, -0.2) is 18.3 Å². The summed E-state index contributed by atoms with van der Waals surface area (Å²) < 4.78 is 28.1. The van der Waals surface area contributed by atoms with E-state index in [4.69, 9.17) is 11.6 Å². The second kappa shape index (κ2) is 7.59. The van der Waals surface area contributed by atoms with Gasteiger partial charge in [0.2, 0.25) is 0 Å². The van der Waals surface area contributed by atoms with Gasteiger partial charge >= 0.3 is 0 Å². The minimum Gasteiger partial charge on any atom is -0.366 e. The van der Waals surface area contributed by atoms with Crippen LogP contribution < -0.4 is 4.90 Å². The lowest BCUT2D eigenvalue weighted by Gasteiger charge is -2.47. The lowest BCUT2D eigenvalue weighted by molar-refractivity contribution is 0.375. The molecule has 27 heavy (non-hydrogen) atoms. The van der Waals surface area contributed by atoms with E-state index >= 15 is 0 Å². The summed E-state index contributed by atoms with van der Waals surface area (Å²) in [6.07, 6.45) is 3.50. The molecule has 0 spiro atoms. The number of anilines is 1. The van der Waals surface area contributed by atoms with Gasteiger partial charge in [-0.25, -0.2) is 8.78 Å². The summed E-state index contributed by atoms with van der Waals surface area (Å²) in [4.78, 5) is 6.58. The molecule has 0 amide bonds. The summed E-state index contributed by atoms with van der Waals surface area (Å²) in [5.74, 6) is -0.476. The van der Waals surface area contributed by atoms with Gasteiger partial charge in [0, 0.05) is 29.5 Å². The van der Waals surface area contributed by atoms with E-state index in [1.54, 1.807) is 6.07 Å². The van der Waals surface area contributed by atoms with Crippen molar-refractivity contribution in [3.8, 4) is 0 Å². The molecule has 2 aromatic rings. The molecule has 0 N–H and O–H groups in total. The molecule has 0 radical (unpaired) electrons. The van der Waals surface area contributed by atoms with Crippen LogP contribution in [0.15, 0.2) is 35.3 Å². The normalized spacial score (nSPS) is 18.8. The van der Waals surface area contributed by atoms with Gasteiger partial charge in [0.15, 0.2) is 0 Å². The first-order chi connectivity index (χ1) is 12.7. The summed E-state index contributed by atoms with van der Waals surface area (Å²) in [5.41, 5.74) is 3.02. The second-order valence-corrected chi connectivity index (χ2v) is 8.27. The van der Waals surface area contributed by atoms with Crippen molar-refractivity contribution in [3.05, 3.63) is 58.1 Å². The van der Waals surface area contributed by atoms with Crippen LogP contribution in [0.5, 0.6) is 0 Å². The zero-order valence-corrected chi connectivity index (χ0v) is 16.9. The molecule has 1 atom stereocenters. The predicted molar refractivity (Wildman–Crippen MR) is 110 cm³/mol. The van der Waals surface area contributed by atoms with Crippen molar-refractivity contribution in [2.75, 3.05) is 11.4 Å². The van der Waals surface area contributed by atoms with Crippen LogP contribution in [0.4, 0.5) is 20.2 Å². The molecule has 0 aliphatic carbocycles. The highest BCUT2D eigenvalue weighted by atomic mass is 35.5. The number of hydrogen-bond acceptors (Lipinski definition) is 2. The van der Waals surface area contributed by atoms with Crippen LogP contribution in [0.1, 0.15) is 57.6 Å². The lowest BCUT2D eigenvalue weighted by atomic mass is 9.79. The van der Waals surface area contributed by atoms with Gasteiger partial charge in [-0.2, -0.15) is 0 Å². The summed E-state index contributed by atoms with van der Waals surface area (Å²) in [6.45, 7) is 9.65. The fourth-order valence-corrected chi connectivity index (χ4v) is 4.15. The molecule has 0 saturated heterocycles. The van der Waals surface area contributed by atoms with E-state index in [1.165, 1.54) is 24.4 Å². The van der Waals surface area contributed by atoms with E-state index in [-0.39, 0.29) is 16.4 Å². The van der Waals surface area contributed by atoms with Crippen LogP contribution in [0.2, 0.25) is 5.02 Å². The molecule has 1 heterocycles. The number of fused-ring (bicyclic) bond motifs is 1.